The van der Waals surface area contributed by atoms with Gasteiger partial charge < -0.3 is 19.5 Å². The number of hydrogen-bond donors (Lipinski definition) is 1. The summed E-state index contributed by atoms with van der Waals surface area (Å²) in [7, 11) is 6.84. The fourth-order valence-corrected chi connectivity index (χ4v) is 1.58. The van der Waals surface area contributed by atoms with E-state index < -0.39 is 0 Å². The lowest BCUT2D eigenvalue weighted by atomic mass is 10.1. The van der Waals surface area contributed by atoms with E-state index in [1.807, 2.05) is 25.2 Å². The summed E-state index contributed by atoms with van der Waals surface area (Å²) in [4.78, 5) is 0. The van der Waals surface area contributed by atoms with Gasteiger partial charge in [0.1, 0.15) is 0 Å². The summed E-state index contributed by atoms with van der Waals surface area (Å²) >= 11 is 0. The average Bonchev–Trinajstić information content (AvgIpc) is 2.35. The van der Waals surface area contributed by atoms with E-state index in [-0.39, 0.29) is 6.10 Å². The Morgan fingerprint density at radius 3 is 2.31 bits per heavy atom. The van der Waals surface area contributed by atoms with Crippen molar-refractivity contribution in [2.24, 2.45) is 0 Å². The highest BCUT2D eigenvalue weighted by Crippen LogP contribution is 2.30. The first-order chi connectivity index (χ1) is 7.76. The molecule has 0 fully saturated rings. The number of nitrogens with one attached hydrogen (secondary N) is 1. The van der Waals surface area contributed by atoms with Gasteiger partial charge in [-0.15, -0.1) is 0 Å². The summed E-state index contributed by atoms with van der Waals surface area (Å²) in [5.41, 5.74) is 1.06. The molecule has 1 atom stereocenters. The van der Waals surface area contributed by atoms with Crippen LogP contribution in [0.5, 0.6) is 11.5 Å². The Kier molecular flexibility index (Phi) is 5.08. The van der Waals surface area contributed by atoms with E-state index in [0.717, 1.165) is 23.6 Å². The molecule has 1 rings (SSSR count). The fourth-order valence-electron chi connectivity index (χ4n) is 1.58. The third-order valence-electron chi connectivity index (χ3n) is 2.45. The van der Waals surface area contributed by atoms with E-state index in [1.165, 1.54) is 0 Å². The molecule has 0 aromatic heterocycles. The van der Waals surface area contributed by atoms with Crippen LogP contribution in [0.4, 0.5) is 0 Å². The zero-order valence-corrected chi connectivity index (χ0v) is 10.2. The van der Waals surface area contributed by atoms with Crippen LogP contribution < -0.4 is 14.8 Å². The zero-order valence-electron chi connectivity index (χ0n) is 10.2. The van der Waals surface area contributed by atoms with Gasteiger partial charge in [-0.1, -0.05) is 6.07 Å². The van der Waals surface area contributed by atoms with Gasteiger partial charge in [-0.05, 0) is 24.7 Å². The SMILES string of the molecule is CNC[C@H](OC)c1ccc(OC)c(OC)c1. The molecule has 1 aromatic rings. The second-order valence-corrected chi connectivity index (χ2v) is 3.40. The first kappa shape index (κ1) is 12.8. The number of ether oxygens (including phenoxy) is 3. The Morgan fingerprint density at radius 2 is 1.81 bits per heavy atom. The van der Waals surface area contributed by atoms with Gasteiger partial charge in [-0.2, -0.15) is 0 Å². The summed E-state index contributed by atoms with van der Waals surface area (Å²) in [5.74, 6) is 1.45. The molecule has 0 amide bonds. The molecule has 1 aromatic carbocycles. The molecule has 0 unspecified atom stereocenters. The van der Waals surface area contributed by atoms with Crippen LogP contribution >= 0.6 is 0 Å². The van der Waals surface area contributed by atoms with Crippen LogP contribution in [0.1, 0.15) is 11.7 Å². The van der Waals surface area contributed by atoms with Crippen molar-refractivity contribution in [1.29, 1.82) is 0 Å². The standard InChI is InChI=1S/C12H19NO3/c1-13-8-12(16-4)9-5-6-10(14-2)11(7-9)15-3/h5-7,12-13H,8H2,1-4H3/t12-/m0/s1. The lowest BCUT2D eigenvalue weighted by Gasteiger charge is -2.17. The molecule has 16 heavy (non-hydrogen) atoms. The zero-order chi connectivity index (χ0) is 12.0. The molecule has 0 aliphatic carbocycles. The van der Waals surface area contributed by atoms with Crippen molar-refractivity contribution in [2.75, 3.05) is 34.9 Å². The lowest BCUT2D eigenvalue weighted by molar-refractivity contribution is 0.104. The molecule has 0 saturated heterocycles. The van der Waals surface area contributed by atoms with Crippen molar-refractivity contribution in [1.82, 2.24) is 5.32 Å². The highest BCUT2D eigenvalue weighted by Gasteiger charge is 2.12. The van der Waals surface area contributed by atoms with Crippen LogP contribution in [0, 0.1) is 0 Å². The van der Waals surface area contributed by atoms with Gasteiger partial charge in [0.15, 0.2) is 11.5 Å². The van der Waals surface area contributed by atoms with Crippen molar-refractivity contribution in [3.05, 3.63) is 23.8 Å². The molecule has 4 heteroatoms. The summed E-state index contributed by atoms with van der Waals surface area (Å²) < 4.78 is 15.8. The molecule has 0 heterocycles. The van der Waals surface area contributed by atoms with Crippen LogP contribution in [0.3, 0.4) is 0 Å². The summed E-state index contributed by atoms with van der Waals surface area (Å²) in [6.45, 7) is 0.756. The third kappa shape index (κ3) is 2.87. The molecule has 0 aliphatic heterocycles. The Labute approximate surface area is 96.5 Å². The summed E-state index contributed by atoms with van der Waals surface area (Å²) in [6.07, 6.45) is 0.0183. The van der Waals surface area contributed by atoms with Crippen molar-refractivity contribution in [3.8, 4) is 11.5 Å². The Hall–Kier alpha value is -1.26. The van der Waals surface area contributed by atoms with Crippen LogP contribution in [0.25, 0.3) is 0 Å². The van der Waals surface area contributed by atoms with E-state index in [1.54, 1.807) is 21.3 Å². The predicted octanol–water partition coefficient (Wildman–Crippen LogP) is 1.61. The molecule has 0 radical (unpaired) electrons. The largest absolute Gasteiger partial charge is 0.493 e. The maximum Gasteiger partial charge on any atom is 0.161 e. The second kappa shape index (κ2) is 6.35. The van der Waals surface area contributed by atoms with Crippen LogP contribution in [0.2, 0.25) is 0 Å². The molecule has 4 nitrogen and oxygen atoms in total. The van der Waals surface area contributed by atoms with Crippen molar-refractivity contribution in [2.45, 2.75) is 6.10 Å². The highest BCUT2D eigenvalue weighted by molar-refractivity contribution is 5.43. The molecular formula is C12H19NO3. The number of likely N-dealkylation sites (N-methyl/N-ethyl adjacent to an activating group) is 1. The maximum atomic E-state index is 5.39. The van der Waals surface area contributed by atoms with Gasteiger partial charge in [0.25, 0.3) is 0 Å². The molecule has 90 valence electrons. The molecule has 1 N–H and O–H groups in total. The van der Waals surface area contributed by atoms with Gasteiger partial charge in [0.2, 0.25) is 0 Å². The molecule has 0 aliphatic rings. The number of hydrogen-bond acceptors (Lipinski definition) is 4. The van der Waals surface area contributed by atoms with E-state index in [2.05, 4.69) is 5.32 Å². The molecule has 0 bridgehead atoms. The van der Waals surface area contributed by atoms with E-state index >= 15 is 0 Å². The fraction of sp³-hybridized carbons (Fsp3) is 0.500. The monoisotopic (exact) mass is 225 g/mol. The van der Waals surface area contributed by atoms with Crippen molar-refractivity contribution in [3.63, 3.8) is 0 Å². The number of rotatable bonds is 6. The highest BCUT2D eigenvalue weighted by atomic mass is 16.5. The smallest absolute Gasteiger partial charge is 0.161 e. The Morgan fingerprint density at radius 1 is 1.12 bits per heavy atom. The minimum atomic E-state index is 0.0183. The van der Waals surface area contributed by atoms with Gasteiger partial charge >= 0.3 is 0 Å². The van der Waals surface area contributed by atoms with Crippen molar-refractivity contribution < 1.29 is 14.2 Å². The van der Waals surface area contributed by atoms with Gasteiger partial charge in [-0.25, -0.2) is 0 Å². The normalized spacial score (nSPS) is 12.2. The quantitative estimate of drug-likeness (QED) is 0.798. The molecule has 0 spiro atoms. The van der Waals surface area contributed by atoms with E-state index in [9.17, 15) is 0 Å². The topological polar surface area (TPSA) is 39.7 Å². The third-order valence-corrected chi connectivity index (χ3v) is 2.45. The van der Waals surface area contributed by atoms with E-state index in [0.29, 0.717) is 0 Å². The van der Waals surface area contributed by atoms with E-state index in [4.69, 9.17) is 14.2 Å². The van der Waals surface area contributed by atoms with Crippen LogP contribution in [-0.2, 0) is 4.74 Å². The first-order valence-corrected chi connectivity index (χ1v) is 5.16. The van der Waals surface area contributed by atoms with Gasteiger partial charge in [-0.3, -0.25) is 0 Å². The summed E-state index contributed by atoms with van der Waals surface area (Å²) in [5, 5.41) is 3.09. The number of methoxy groups -OCH3 is 3. The van der Waals surface area contributed by atoms with Gasteiger partial charge in [0, 0.05) is 13.7 Å². The lowest BCUT2D eigenvalue weighted by Crippen LogP contribution is -2.18. The Bertz CT molecular complexity index is 328. The first-order valence-electron chi connectivity index (χ1n) is 5.16. The van der Waals surface area contributed by atoms with Crippen LogP contribution in [0.15, 0.2) is 18.2 Å². The average molecular weight is 225 g/mol. The van der Waals surface area contributed by atoms with Crippen LogP contribution in [-0.4, -0.2) is 34.9 Å². The minimum Gasteiger partial charge on any atom is -0.493 e. The molecule has 0 saturated carbocycles. The Balaban J connectivity index is 2.96. The predicted molar refractivity (Wildman–Crippen MR) is 63.2 cm³/mol. The second-order valence-electron chi connectivity index (χ2n) is 3.40. The van der Waals surface area contributed by atoms with Gasteiger partial charge in [0.05, 0.1) is 20.3 Å². The molecular weight excluding hydrogens is 206 g/mol. The summed E-state index contributed by atoms with van der Waals surface area (Å²) in [6, 6.07) is 5.80. The maximum absolute atomic E-state index is 5.39. The van der Waals surface area contributed by atoms with Crippen molar-refractivity contribution >= 4 is 0 Å². The number of benzene rings is 1. The minimum absolute atomic E-state index is 0.0183.